The fourth-order valence-corrected chi connectivity index (χ4v) is 2.34. The van der Waals surface area contributed by atoms with Crippen LogP contribution < -0.4 is 5.32 Å². The summed E-state index contributed by atoms with van der Waals surface area (Å²) in [6, 6.07) is -0.264. The normalized spacial score (nSPS) is 19.0. The molecule has 0 spiro atoms. The summed E-state index contributed by atoms with van der Waals surface area (Å²) >= 11 is 0. The largest absolute Gasteiger partial charge is 0.481 e. The Hall–Kier alpha value is -2.12. The van der Waals surface area contributed by atoms with Gasteiger partial charge in [0.15, 0.2) is 5.82 Å². The van der Waals surface area contributed by atoms with Gasteiger partial charge in [-0.1, -0.05) is 20.8 Å². The van der Waals surface area contributed by atoms with Crippen molar-refractivity contribution in [3.8, 4) is 0 Å². The van der Waals surface area contributed by atoms with E-state index >= 15 is 0 Å². The molecule has 1 unspecified atom stereocenters. The molecule has 1 aromatic rings. The minimum absolute atomic E-state index is 0.152. The number of likely N-dealkylation sites (tertiary alicyclic amines) is 1. The van der Waals surface area contributed by atoms with Crippen molar-refractivity contribution in [1.82, 2.24) is 25.4 Å². The van der Waals surface area contributed by atoms with Gasteiger partial charge in [-0.05, 0) is 12.8 Å². The molecule has 0 aliphatic carbocycles. The standard InChI is InChI=1S/C14H23N5O3/c1-14(2,3)12-16-10(17-18-12)7-15-13(22)19-6-4-5-9(8-19)11(20)21/h9H,4-8H2,1-3H3,(H,15,22)(H,20,21)(H,16,17,18). The maximum Gasteiger partial charge on any atom is 0.317 e. The highest BCUT2D eigenvalue weighted by Crippen LogP contribution is 2.18. The van der Waals surface area contributed by atoms with Crippen LogP contribution in [-0.2, 0) is 16.8 Å². The summed E-state index contributed by atoms with van der Waals surface area (Å²) in [5.41, 5.74) is -0.152. The lowest BCUT2D eigenvalue weighted by molar-refractivity contribution is -0.143. The predicted molar refractivity (Wildman–Crippen MR) is 79.3 cm³/mol. The molecule has 0 aromatic carbocycles. The number of carboxylic acid groups (broad SMARTS) is 1. The van der Waals surface area contributed by atoms with Crippen LogP contribution in [0.2, 0.25) is 0 Å². The lowest BCUT2D eigenvalue weighted by Crippen LogP contribution is -2.46. The van der Waals surface area contributed by atoms with Gasteiger partial charge in [-0.2, -0.15) is 5.10 Å². The smallest absolute Gasteiger partial charge is 0.317 e. The van der Waals surface area contributed by atoms with Crippen molar-refractivity contribution in [2.24, 2.45) is 5.92 Å². The Kier molecular flexibility index (Phi) is 4.68. The Labute approximate surface area is 129 Å². The number of rotatable bonds is 3. The van der Waals surface area contributed by atoms with Crippen LogP contribution in [-0.4, -0.2) is 50.3 Å². The van der Waals surface area contributed by atoms with E-state index in [-0.39, 0.29) is 24.5 Å². The lowest BCUT2D eigenvalue weighted by Gasteiger charge is -2.30. The summed E-state index contributed by atoms with van der Waals surface area (Å²) in [6.07, 6.45) is 1.33. The maximum atomic E-state index is 12.1. The third-order valence-electron chi connectivity index (χ3n) is 3.67. The fraction of sp³-hybridized carbons (Fsp3) is 0.714. The molecule has 22 heavy (non-hydrogen) atoms. The van der Waals surface area contributed by atoms with E-state index in [2.05, 4.69) is 20.5 Å². The first kappa shape index (κ1) is 16.3. The molecular weight excluding hydrogens is 286 g/mol. The first-order valence-electron chi connectivity index (χ1n) is 7.44. The number of aromatic amines is 1. The summed E-state index contributed by atoms with van der Waals surface area (Å²) in [4.78, 5) is 29.0. The fourth-order valence-electron chi connectivity index (χ4n) is 2.34. The number of aliphatic carboxylic acids is 1. The zero-order valence-corrected chi connectivity index (χ0v) is 13.2. The molecule has 2 heterocycles. The summed E-state index contributed by atoms with van der Waals surface area (Å²) in [5.74, 6) is -0.0365. The molecule has 1 fully saturated rings. The topological polar surface area (TPSA) is 111 Å². The number of hydrogen-bond acceptors (Lipinski definition) is 4. The molecule has 3 N–H and O–H groups in total. The van der Waals surface area contributed by atoms with Crippen LogP contribution >= 0.6 is 0 Å². The van der Waals surface area contributed by atoms with Crippen molar-refractivity contribution in [3.63, 3.8) is 0 Å². The summed E-state index contributed by atoms with van der Waals surface area (Å²) in [5, 5.41) is 18.7. The number of nitrogens with one attached hydrogen (secondary N) is 2. The third-order valence-corrected chi connectivity index (χ3v) is 3.67. The molecule has 8 heteroatoms. The van der Waals surface area contributed by atoms with Crippen LogP contribution in [0.3, 0.4) is 0 Å². The van der Waals surface area contributed by atoms with Crippen molar-refractivity contribution in [2.75, 3.05) is 13.1 Å². The van der Waals surface area contributed by atoms with E-state index in [4.69, 9.17) is 5.11 Å². The van der Waals surface area contributed by atoms with E-state index in [0.29, 0.717) is 31.0 Å². The molecule has 1 atom stereocenters. The van der Waals surface area contributed by atoms with Crippen LogP contribution in [0.25, 0.3) is 0 Å². The highest BCUT2D eigenvalue weighted by atomic mass is 16.4. The van der Waals surface area contributed by atoms with Crippen molar-refractivity contribution < 1.29 is 14.7 Å². The highest BCUT2D eigenvalue weighted by Gasteiger charge is 2.28. The first-order valence-corrected chi connectivity index (χ1v) is 7.44. The molecular formula is C14H23N5O3. The van der Waals surface area contributed by atoms with Gasteiger partial charge in [0.2, 0.25) is 0 Å². The van der Waals surface area contributed by atoms with Crippen molar-refractivity contribution >= 4 is 12.0 Å². The number of amides is 2. The zero-order valence-electron chi connectivity index (χ0n) is 13.2. The van der Waals surface area contributed by atoms with Crippen LogP contribution in [0.4, 0.5) is 4.79 Å². The van der Waals surface area contributed by atoms with Gasteiger partial charge in [0.25, 0.3) is 0 Å². The molecule has 2 rings (SSSR count). The molecule has 1 aliphatic heterocycles. The van der Waals surface area contributed by atoms with Gasteiger partial charge in [0, 0.05) is 18.5 Å². The molecule has 1 aromatic heterocycles. The van der Waals surface area contributed by atoms with Crippen LogP contribution in [0.15, 0.2) is 0 Å². The molecule has 2 amide bonds. The number of aromatic nitrogens is 3. The molecule has 8 nitrogen and oxygen atoms in total. The van der Waals surface area contributed by atoms with Crippen molar-refractivity contribution in [2.45, 2.75) is 45.6 Å². The lowest BCUT2D eigenvalue weighted by atomic mass is 9.96. The molecule has 0 saturated carbocycles. The number of carboxylic acids is 1. The number of hydrogen-bond donors (Lipinski definition) is 3. The molecule has 122 valence electrons. The number of urea groups is 1. The predicted octanol–water partition coefficient (Wildman–Crippen LogP) is 1.11. The van der Waals surface area contributed by atoms with Crippen molar-refractivity contribution in [1.29, 1.82) is 0 Å². The van der Waals surface area contributed by atoms with Crippen LogP contribution in [0, 0.1) is 5.92 Å². The Balaban J connectivity index is 1.87. The number of nitrogens with zero attached hydrogens (tertiary/aromatic N) is 3. The van der Waals surface area contributed by atoms with Gasteiger partial charge in [0.1, 0.15) is 5.82 Å². The highest BCUT2D eigenvalue weighted by molar-refractivity contribution is 5.76. The average molecular weight is 309 g/mol. The van der Waals surface area contributed by atoms with Crippen LogP contribution in [0.5, 0.6) is 0 Å². The average Bonchev–Trinajstić information content (AvgIpc) is 2.94. The van der Waals surface area contributed by atoms with E-state index in [1.54, 1.807) is 4.90 Å². The maximum absolute atomic E-state index is 12.1. The molecule has 0 radical (unpaired) electrons. The Bertz CT molecular complexity index is 549. The number of carbonyl (C=O) groups excluding carboxylic acids is 1. The summed E-state index contributed by atoms with van der Waals surface area (Å²) in [6.45, 7) is 7.12. The minimum Gasteiger partial charge on any atom is -0.481 e. The van der Waals surface area contributed by atoms with Gasteiger partial charge in [-0.25, -0.2) is 9.78 Å². The second-order valence-corrected chi connectivity index (χ2v) is 6.64. The van der Waals surface area contributed by atoms with Gasteiger partial charge in [-0.15, -0.1) is 0 Å². The third kappa shape index (κ3) is 3.96. The minimum atomic E-state index is -0.845. The van der Waals surface area contributed by atoms with Gasteiger partial charge in [-0.3, -0.25) is 9.89 Å². The van der Waals surface area contributed by atoms with Gasteiger partial charge in [0.05, 0.1) is 12.5 Å². The summed E-state index contributed by atoms with van der Waals surface area (Å²) < 4.78 is 0. The Morgan fingerprint density at radius 1 is 1.45 bits per heavy atom. The number of piperidine rings is 1. The Morgan fingerprint density at radius 2 is 2.18 bits per heavy atom. The SMILES string of the molecule is CC(C)(C)c1n[nH]c(CNC(=O)N2CCCC(C(=O)O)C2)n1. The molecule has 1 aliphatic rings. The van der Waals surface area contributed by atoms with Crippen LogP contribution in [0.1, 0.15) is 45.3 Å². The number of H-pyrrole nitrogens is 1. The molecule has 1 saturated heterocycles. The monoisotopic (exact) mass is 309 g/mol. The molecule has 0 bridgehead atoms. The van der Waals surface area contributed by atoms with E-state index in [1.807, 2.05) is 20.8 Å². The van der Waals surface area contributed by atoms with E-state index in [0.717, 1.165) is 0 Å². The van der Waals surface area contributed by atoms with Crippen molar-refractivity contribution in [3.05, 3.63) is 11.6 Å². The second-order valence-electron chi connectivity index (χ2n) is 6.64. The zero-order chi connectivity index (χ0) is 16.3. The van der Waals surface area contributed by atoms with E-state index < -0.39 is 11.9 Å². The van der Waals surface area contributed by atoms with E-state index in [1.165, 1.54) is 0 Å². The quantitative estimate of drug-likeness (QED) is 0.774. The first-order chi connectivity index (χ1) is 10.3. The number of carbonyl (C=O) groups is 2. The second kappa shape index (κ2) is 6.33. The summed E-state index contributed by atoms with van der Waals surface area (Å²) in [7, 11) is 0. The van der Waals surface area contributed by atoms with Gasteiger partial charge < -0.3 is 15.3 Å². The van der Waals surface area contributed by atoms with Gasteiger partial charge >= 0.3 is 12.0 Å². The van der Waals surface area contributed by atoms with E-state index in [9.17, 15) is 9.59 Å². The Morgan fingerprint density at radius 3 is 2.77 bits per heavy atom.